The van der Waals surface area contributed by atoms with Crippen LogP contribution in [0.3, 0.4) is 0 Å². The summed E-state index contributed by atoms with van der Waals surface area (Å²) in [4.78, 5) is 26.7. The Morgan fingerprint density at radius 2 is 2.00 bits per heavy atom. The molecule has 2 aromatic rings. The lowest BCUT2D eigenvalue weighted by molar-refractivity contribution is -0.142. The van der Waals surface area contributed by atoms with Gasteiger partial charge in [0.15, 0.2) is 6.61 Å². The number of likely N-dealkylation sites (N-methyl/N-ethyl adjacent to an activating group) is 1. The molecule has 2 aromatic carbocycles. The van der Waals surface area contributed by atoms with Gasteiger partial charge in [-0.3, -0.25) is 9.59 Å². The first-order valence-corrected chi connectivity index (χ1v) is 10.2. The summed E-state index contributed by atoms with van der Waals surface area (Å²) >= 11 is 9.46. The lowest BCUT2D eigenvalue weighted by Gasteiger charge is -2.28. The van der Waals surface area contributed by atoms with E-state index in [-0.39, 0.29) is 18.4 Å². The Labute approximate surface area is 179 Å². The number of aryl methyl sites for hydroxylation is 1. The molecule has 5 nitrogen and oxygen atoms in total. The Kier molecular flexibility index (Phi) is 8.33. The average molecular weight is 468 g/mol. The molecule has 0 aliphatic carbocycles. The number of nitrogens with zero attached hydrogens (tertiary/aromatic N) is 1. The van der Waals surface area contributed by atoms with Gasteiger partial charge < -0.3 is 15.0 Å². The van der Waals surface area contributed by atoms with Crippen molar-refractivity contribution in [2.24, 2.45) is 0 Å². The van der Waals surface area contributed by atoms with E-state index >= 15 is 0 Å². The van der Waals surface area contributed by atoms with Gasteiger partial charge in [-0.05, 0) is 62.2 Å². The molecule has 0 fully saturated rings. The largest absolute Gasteiger partial charge is 0.484 e. The van der Waals surface area contributed by atoms with Gasteiger partial charge in [0, 0.05) is 22.6 Å². The van der Waals surface area contributed by atoms with Gasteiger partial charge in [0.25, 0.3) is 5.91 Å². The third-order valence-electron chi connectivity index (χ3n) is 4.25. The summed E-state index contributed by atoms with van der Waals surface area (Å²) in [6.45, 7) is 6.07. The van der Waals surface area contributed by atoms with Crippen LogP contribution in [0.2, 0.25) is 5.02 Å². The maximum Gasteiger partial charge on any atom is 0.261 e. The third kappa shape index (κ3) is 6.24. The molecule has 28 heavy (non-hydrogen) atoms. The van der Waals surface area contributed by atoms with Gasteiger partial charge in [-0.1, -0.05) is 39.7 Å². The van der Waals surface area contributed by atoms with Crippen LogP contribution in [0.25, 0.3) is 0 Å². The zero-order valence-electron chi connectivity index (χ0n) is 16.2. The predicted molar refractivity (Wildman–Crippen MR) is 115 cm³/mol. The monoisotopic (exact) mass is 466 g/mol. The van der Waals surface area contributed by atoms with Crippen molar-refractivity contribution in [3.8, 4) is 5.75 Å². The fourth-order valence-electron chi connectivity index (χ4n) is 2.67. The van der Waals surface area contributed by atoms with Gasteiger partial charge >= 0.3 is 0 Å². The number of hydrogen-bond donors (Lipinski definition) is 1. The fourth-order valence-corrected chi connectivity index (χ4v) is 3.24. The van der Waals surface area contributed by atoms with Crippen molar-refractivity contribution < 1.29 is 14.3 Å². The van der Waals surface area contributed by atoms with Crippen molar-refractivity contribution in [3.63, 3.8) is 0 Å². The molecule has 0 bridgehead atoms. The quantitative estimate of drug-likeness (QED) is 0.628. The number of ether oxygens (including phenoxy) is 1. The number of halogens is 2. The molecule has 0 radical (unpaired) electrons. The maximum absolute atomic E-state index is 12.9. The smallest absolute Gasteiger partial charge is 0.261 e. The first-order chi connectivity index (χ1) is 13.3. The van der Waals surface area contributed by atoms with Crippen molar-refractivity contribution >= 4 is 39.3 Å². The van der Waals surface area contributed by atoms with Gasteiger partial charge in [-0.15, -0.1) is 0 Å². The van der Waals surface area contributed by atoms with Crippen LogP contribution in [-0.2, 0) is 16.1 Å². The lowest BCUT2D eigenvalue weighted by Crippen LogP contribution is -2.49. The van der Waals surface area contributed by atoms with Gasteiger partial charge in [-0.2, -0.15) is 0 Å². The van der Waals surface area contributed by atoms with Crippen LogP contribution in [-0.4, -0.2) is 35.9 Å². The van der Waals surface area contributed by atoms with Crippen molar-refractivity contribution in [3.05, 3.63) is 63.1 Å². The summed E-state index contributed by atoms with van der Waals surface area (Å²) in [5, 5.41) is 3.41. The van der Waals surface area contributed by atoms with E-state index < -0.39 is 6.04 Å². The van der Waals surface area contributed by atoms with Crippen molar-refractivity contribution in [2.45, 2.75) is 33.4 Å². The van der Waals surface area contributed by atoms with E-state index in [4.69, 9.17) is 16.3 Å². The predicted octanol–water partition coefficient (Wildman–Crippen LogP) is 4.34. The number of rotatable bonds is 8. The van der Waals surface area contributed by atoms with Gasteiger partial charge in [0.05, 0.1) is 0 Å². The average Bonchev–Trinajstić information content (AvgIpc) is 2.66. The molecule has 0 heterocycles. The summed E-state index contributed by atoms with van der Waals surface area (Å²) in [7, 11) is 0. The minimum atomic E-state index is -0.623. The zero-order chi connectivity index (χ0) is 20.7. The van der Waals surface area contributed by atoms with Crippen LogP contribution in [0.1, 0.15) is 25.0 Å². The molecule has 1 N–H and O–H groups in total. The SMILES string of the molecule is CCNC(=O)[C@H](C)N(Cc1cccc(Br)c1)C(=O)COc1ccc(Cl)c(C)c1. The summed E-state index contributed by atoms with van der Waals surface area (Å²) < 4.78 is 6.56. The second-order valence-electron chi connectivity index (χ2n) is 6.42. The molecule has 0 aromatic heterocycles. The fraction of sp³-hybridized carbons (Fsp3) is 0.333. The number of amides is 2. The highest BCUT2D eigenvalue weighted by molar-refractivity contribution is 9.10. The first kappa shape index (κ1) is 22.2. The van der Waals surface area contributed by atoms with Gasteiger partial charge in [0.1, 0.15) is 11.8 Å². The van der Waals surface area contributed by atoms with E-state index in [1.54, 1.807) is 25.1 Å². The molecular formula is C21H24BrClN2O3. The maximum atomic E-state index is 12.9. The number of hydrogen-bond acceptors (Lipinski definition) is 3. The molecule has 150 valence electrons. The minimum absolute atomic E-state index is 0.168. The van der Waals surface area contributed by atoms with E-state index in [0.29, 0.717) is 23.9 Å². The first-order valence-electron chi connectivity index (χ1n) is 9.02. The molecule has 7 heteroatoms. The highest BCUT2D eigenvalue weighted by atomic mass is 79.9. The minimum Gasteiger partial charge on any atom is -0.484 e. The Hall–Kier alpha value is -2.05. The highest BCUT2D eigenvalue weighted by Gasteiger charge is 2.26. The summed E-state index contributed by atoms with van der Waals surface area (Å²) in [6, 6.07) is 12.2. The lowest BCUT2D eigenvalue weighted by atomic mass is 10.1. The van der Waals surface area contributed by atoms with E-state index in [9.17, 15) is 9.59 Å². The van der Waals surface area contributed by atoms with Crippen LogP contribution in [0.5, 0.6) is 5.75 Å². The van der Waals surface area contributed by atoms with Crippen LogP contribution >= 0.6 is 27.5 Å². The van der Waals surface area contributed by atoms with E-state index in [0.717, 1.165) is 15.6 Å². The summed E-state index contributed by atoms with van der Waals surface area (Å²) in [5.74, 6) is 0.0860. The molecule has 0 aliphatic rings. The highest BCUT2D eigenvalue weighted by Crippen LogP contribution is 2.21. The molecule has 2 amide bonds. The van der Waals surface area contributed by atoms with E-state index in [2.05, 4.69) is 21.2 Å². The standard InChI is InChI=1S/C21H24BrClN2O3/c1-4-24-21(27)15(3)25(12-16-6-5-7-17(22)11-16)20(26)13-28-18-8-9-19(23)14(2)10-18/h5-11,15H,4,12-13H2,1-3H3,(H,24,27)/t15-/m0/s1. The number of carbonyl (C=O) groups is 2. The molecular weight excluding hydrogens is 444 g/mol. The number of carbonyl (C=O) groups excluding carboxylic acids is 2. The molecule has 2 rings (SSSR count). The topological polar surface area (TPSA) is 58.6 Å². The molecule has 0 unspecified atom stereocenters. The Balaban J connectivity index is 2.15. The van der Waals surface area contributed by atoms with E-state index in [1.807, 2.05) is 38.1 Å². The number of benzene rings is 2. The molecule has 1 atom stereocenters. The Morgan fingerprint density at radius 3 is 2.64 bits per heavy atom. The zero-order valence-corrected chi connectivity index (χ0v) is 18.5. The summed E-state index contributed by atoms with van der Waals surface area (Å²) in [5.41, 5.74) is 1.79. The third-order valence-corrected chi connectivity index (χ3v) is 5.17. The molecule has 0 saturated heterocycles. The van der Waals surface area contributed by atoms with Crippen LogP contribution in [0.15, 0.2) is 46.9 Å². The molecule has 0 saturated carbocycles. The van der Waals surface area contributed by atoms with Gasteiger partial charge in [-0.25, -0.2) is 0 Å². The van der Waals surface area contributed by atoms with Crippen LogP contribution < -0.4 is 10.1 Å². The van der Waals surface area contributed by atoms with Crippen LogP contribution in [0.4, 0.5) is 0 Å². The number of nitrogens with one attached hydrogen (secondary N) is 1. The van der Waals surface area contributed by atoms with Crippen molar-refractivity contribution in [1.29, 1.82) is 0 Å². The molecule has 0 spiro atoms. The summed E-state index contributed by atoms with van der Waals surface area (Å²) in [6.07, 6.45) is 0. The Bertz CT molecular complexity index is 844. The second kappa shape index (κ2) is 10.5. The van der Waals surface area contributed by atoms with Gasteiger partial charge in [0.2, 0.25) is 5.91 Å². The molecule has 0 aliphatic heterocycles. The van der Waals surface area contributed by atoms with Crippen molar-refractivity contribution in [2.75, 3.05) is 13.2 Å². The van der Waals surface area contributed by atoms with E-state index in [1.165, 1.54) is 4.90 Å². The normalized spacial score (nSPS) is 11.6. The van der Waals surface area contributed by atoms with Crippen molar-refractivity contribution in [1.82, 2.24) is 10.2 Å². The van der Waals surface area contributed by atoms with Crippen LogP contribution in [0, 0.1) is 6.92 Å². The Morgan fingerprint density at radius 1 is 1.25 bits per heavy atom. The second-order valence-corrected chi connectivity index (χ2v) is 7.74.